The lowest BCUT2D eigenvalue weighted by Crippen LogP contribution is -2.25. The second kappa shape index (κ2) is 18.7. The van der Waals surface area contributed by atoms with E-state index in [1.54, 1.807) is 0 Å². The molecule has 7 aromatic carbocycles. The number of nitrogens with zero attached hydrogens (tertiary/aromatic N) is 4. The van der Waals surface area contributed by atoms with Crippen LogP contribution in [0.2, 0.25) is 0 Å². The summed E-state index contributed by atoms with van der Waals surface area (Å²) >= 11 is 0. The lowest BCUT2D eigenvalue weighted by molar-refractivity contribution is 0.480. The quantitative estimate of drug-likeness (QED) is 0.137. The van der Waals surface area contributed by atoms with E-state index in [4.69, 9.17) is 9.72 Å². The van der Waals surface area contributed by atoms with Crippen LogP contribution in [0.5, 0.6) is 11.5 Å². The Kier molecular flexibility index (Phi) is 12.7. The number of hydrogen-bond donors (Lipinski definition) is 0. The predicted octanol–water partition coefficient (Wildman–Crippen LogP) is 19.4. The minimum absolute atomic E-state index is 0.000770. The largest absolute Gasteiger partial charge is 0.457 e. The topological polar surface area (TPSA) is 33.5 Å². The molecule has 1 aliphatic rings. The second-order valence-electron chi connectivity index (χ2n) is 25.1. The molecule has 0 saturated heterocycles. The molecule has 0 fully saturated rings. The van der Waals surface area contributed by atoms with Gasteiger partial charge in [-0.15, -0.1) is 0 Å². The van der Waals surface area contributed by atoms with Crippen LogP contribution in [0, 0.1) is 0 Å². The zero-order valence-corrected chi connectivity index (χ0v) is 46.6. The van der Waals surface area contributed by atoms with E-state index < -0.39 is 0 Å². The molecular formula is C69H76N4O. The Morgan fingerprint density at radius 2 is 1.07 bits per heavy atom. The molecule has 0 saturated carbocycles. The monoisotopic (exact) mass is 977 g/mol. The predicted molar refractivity (Wildman–Crippen MR) is 315 cm³/mol. The third-order valence-electron chi connectivity index (χ3n) is 15.6. The van der Waals surface area contributed by atoms with Crippen molar-refractivity contribution < 1.29 is 4.74 Å². The van der Waals surface area contributed by atoms with Crippen molar-refractivity contribution in [1.29, 1.82) is 0 Å². The minimum Gasteiger partial charge on any atom is -0.457 e. The van der Waals surface area contributed by atoms with Crippen LogP contribution in [0.1, 0.15) is 155 Å². The summed E-state index contributed by atoms with van der Waals surface area (Å²) in [5.41, 5.74) is 18.0. The maximum Gasteiger partial charge on any atom is 0.137 e. The van der Waals surface area contributed by atoms with Crippen molar-refractivity contribution in [2.45, 2.75) is 137 Å². The van der Waals surface area contributed by atoms with Gasteiger partial charge in [0.2, 0.25) is 0 Å². The van der Waals surface area contributed by atoms with Gasteiger partial charge in [0.1, 0.15) is 24.0 Å². The van der Waals surface area contributed by atoms with Crippen LogP contribution < -0.4 is 14.5 Å². The molecule has 0 bridgehead atoms. The van der Waals surface area contributed by atoms with Crippen LogP contribution in [0.15, 0.2) is 164 Å². The molecule has 5 heteroatoms. The highest BCUT2D eigenvalue weighted by Crippen LogP contribution is 2.50. The molecule has 378 valence electrons. The lowest BCUT2D eigenvalue weighted by atomic mass is 9.78. The first-order valence-electron chi connectivity index (χ1n) is 26.8. The molecule has 5 nitrogen and oxygen atoms in total. The third-order valence-corrected chi connectivity index (χ3v) is 15.6. The molecule has 10 rings (SSSR count). The fourth-order valence-corrected chi connectivity index (χ4v) is 11.0. The highest BCUT2D eigenvalue weighted by molar-refractivity contribution is 6.10. The van der Waals surface area contributed by atoms with Gasteiger partial charge in [-0.05, 0) is 151 Å². The highest BCUT2D eigenvalue weighted by atomic mass is 16.5. The Labute approximate surface area is 441 Å². The van der Waals surface area contributed by atoms with Crippen LogP contribution >= 0.6 is 0 Å². The van der Waals surface area contributed by atoms with Gasteiger partial charge in [-0.25, -0.2) is 4.98 Å². The first kappa shape index (κ1) is 50.4. The summed E-state index contributed by atoms with van der Waals surface area (Å²) in [7, 11) is 0. The first-order chi connectivity index (χ1) is 35.0. The molecule has 2 aromatic heterocycles. The van der Waals surface area contributed by atoms with Crippen LogP contribution in [0.3, 0.4) is 0 Å². The van der Waals surface area contributed by atoms with Crippen LogP contribution in [-0.2, 0) is 21.7 Å². The molecule has 0 amide bonds. The van der Waals surface area contributed by atoms with E-state index in [1.165, 1.54) is 77.9 Å². The standard InChI is InChI=1S/C69H76N4O/c1-44(2)56-25-20-26-57(45(3)4)65(56)46-27-31-61-63(35-46)72(43-71(61)52-24-19-23-48(36-52)66(5,6)7)53-37-51(69(14,15)47-21-17-16-18-22-47)38-55(41-53)74-54-29-30-58-59-39-49(67(8,9)10)28-32-60(59)73(62(58)42-54)64-40-50(33-34-70-64)68(11,12)13/h16-42,44-45H,43H2,1-15H3. The SMILES string of the molecule is CC(C)c1cccc(C(C)C)c1-c1ccc2c(c1)N(c1cc(Oc3ccc4c5cc(C(C)(C)C)ccc5n(-c5cc(C(C)(C)C)ccn5)c4c3)cc(C(C)(C)c3ccccc3)c1)CN2c1cccc(C(C)(C)C)c1. The van der Waals surface area contributed by atoms with Crippen molar-refractivity contribution in [3.05, 3.63) is 203 Å². The van der Waals surface area contributed by atoms with Gasteiger partial charge in [-0.3, -0.25) is 4.57 Å². The molecule has 0 spiro atoms. The molecular weight excluding hydrogens is 901 g/mol. The summed E-state index contributed by atoms with van der Waals surface area (Å²) in [5, 5.41) is 2.37. The van der Waals surface area contributed by atoms with Crippen LogP contribution in [0.4, 0.5) is 22.7 Å². The van der Waals surface area contributed by atoms with Gasteiger partial charge in [0.25, 0.3) is 0 Å². The van der Waals surface area contributed by atoms with E-state index in [0.717, 1.165) is 34.0 Å². The first-order valence-corrected chi connectivity index (χ1v) is 26.8. The molecule has 0 N–H and O–H groups in total. The average molecular weight is 977 g/mol. The number of hydrogen-bond acceptors (Lipinski definition) is 4. The van der Waals surface area contributed by atoms with Gasteiger partial charge in [-0.1, -0.05) is 177 Å². The maximum absolute atomic E-state index is 7.26. The van der Waals surface area contributed by atoms with Crippen molar-refractivity contribution in [3.8, 4) is 28.4 Å². The Morgan fingerprint density at radius 3 is 1.74 bits per heavy atom. The van der Waals surface area contributed by atoms with Crippen LogP contribution in [-0.4, -0.2) is 16.2 Å². The van der Waals surface area contributed by atoms with Crippen molar-refractivity contribution in [2.75, 3.05) is 16.5 Å². The Bertz CT molecular complexity index is 3530. The number of rotatable bonds is 10. The average Bonchev–Trinajstić information content (AvgIpc) is 3.91. The molecule has 74 heavy (non-hydrogen) atoms. The Hall–Kier alpha value is -7.11. The molecule has 0 unspecified atom stereocenters. The maximum atomic E-state index is 7.26. The zero-order chi connectivity index (χ0) is 52.6. The fraction of sp³-hybridized carbons (Fsp3) is 0.319. The van der Waals surface area contributed by atoms with Gasteiger partial charge >= 0.3 is 0 Å². The van der Waals surface area contributed by atoms with E-state index in [-0.39, 0.29) is 21.7 Å². The summed E-state index contributed by atoms with van der Waals surface area (Å²) in [6.45, 7) is 35.1. The smallest absolute Gasteiger partial charge is 0.137 e. The summed E-state index contributed by atoms with van der Waals surface area (Å²) in [6.07, 6.45) is 1.95. The van der Waals surface area contributed by atoms with Gasteiger partial charge in [-0.2, -0.15) is 0 Å². The van der Waals surface area contributed by atoms with Gasteiger partial charge in [0.05, 0.1) is 22.4 Å². The number of pyridine rings is 1. The minimum atomic E-state index is -0.353. The molecule has 0 aliphatic carbocycles. The number of anilines is 4. The number of fused-ring (bicyclic) bond motifs is 4. The van der Waals surface area contributed by atoms with Gasteiger partial charge < -0.3 is 14.5 Å². The van der Waals surface area contributed by atoms with E-state index in [1.807, 2.05) is 6.20 Å². The third kappa shape index (κ3) is 9.40. The van der Waals surface area contributed by atoms with Gasteiger partial charge in [0, 0.05) is 45.9 Å². The van der Waals surface area contributed by atoms with E-state index >= 15 is 0 Å². The van der Waals surface area contributed by atoms with Crippen molar-refractivity contribution in [3.63, 3.8) is 0 Å². The van der Waals surface area contributed by atoms with Crippen LogP contribution in [0.25, 0.3) is 38.8 Å². The zero-order valence-electron chi connectivity index (χ0n) is 46.6. The summed E-state index contributed by atoms with van der Waals surface area (Å²) in [5.74, 6) is 3.18. The number of benzene rings is 7. The Balaban J connectivity index is 1.17. The van der Waals surface area contributed by atoms with Crippen molar-refractivity contribution in [1.82, 2.24) is 9.55 Å². The normalized spacial score (nSPS) is 13.5. The summed E-state index contributed by atoms with van der Waals surface area (Å²) in [6, 6.07) is 58.8. The number of aromatic nitrogens is 2. The highest BCUT2D eigenvalue weighted by Gasteiger charge is 2.33. The summed E-state index contributed by atoms with van der Waals surface area (Å²) < 4.78 is 9.58. The molecule has 0 atom stereocenters. The van der Waals surface area contributed by atoms with Crippen molar-refractivity contribution >= 4 is 44.6 Å². The van der Waals surface area contributed by atoms with Crippen molar-refractivity contribution in [2.24, 2.45) is 0 Å². The lowest BCUT2D eigenvalue weighted by Gasteiger charge is -2.29. The Morgan fingerprint density at radius 1 is 0.446 bits per heavy atom. The molecule has 0 radical (unpaired) electrons. The molecule has 9 aromatic rings. The van der Waals surface area contributed by atoms with E-state index in [9.17, 15) is 0 Å². The van der Waals surface area contributed by atoms with E-state index in [0.29, 0.717) is 18.5 Å². The molecule has 3 heterocycles. The second-order valence-corrected chi connectivity index (χ2v) is 25.1. The number of ether oxygens (including phenoxy) is 1. The van der Waals surface area contributed by atoms with Gasteiger partial charge in [0.15, 0.2) is 0 Å². The molecule has 1 aliphatic heterocycles. The summed E-state index contributed by atoms with van der Waals surface area (Å²) in [4.78, 5) is 10.0. The van der Waals surface area contributed by atoms with E-state index in [2.05, 4.69) is 276 Å². The fourth-order valence-electron chi connectivity index (χ4n) is 11.0.